The van der Waals surface area contributed by atoms with E-state index in [1.165, 1.54) is 0 Å². The molecule has 8 nitrogen and oxygen atoms in total. The topological polar surface area (TPSA) is 80.3 Å². The maximum atomic E-state index is 13.2. The predicted octanol–water partition coefficient (Wildman–Crippen LogP) is 1.12. The van der Waals surface area contributed by atoms with E-state index in [1.807, 2.05) is 42.1 Å². The average molecular weight is 361 g/mol. The first-order chi connectivity index (χ1) is 12.5. The van der Waals surface area contributed by atoms with Gasteiger partial charge in [0.1, 0.15) is 11.6 Å². The van der Waals surface area contributed by atoms with Gasteiger partial charge >= 0.3 is 6.09 Å². The SMILES string of the molecule is CN(C)[C@@H](C(=O)N1CCC2(CC1)CNC(=O)O2)c1ccc2c(c1)OCO2. The van der Waals surface area contributed by atoms with E-state index in [4.69, 9.17) is 14.2 Å². The van der Waals surface area contributed by atoms with Gasteiger partial charge in [-0.25, -0.2) is 4.79 Å². The number of alkyl carbamates (subject to hydrolysis) is 1. The molecule has 2 saturated heterocycles. The number of carbonyl (C=O) groups is 2. The van der Waals surface area contributed by atoms with Gasteiger partial charge in [-0.1, -0.05) is 6.07 Å². The fraction of sp³-hybridized carbons (Fsp3) is 0.556. The predicted molar refractivity (Wildman–Crippen MR) is 92.0 cm³/mol. The van der Waals surface area contributed by atoms with Crippen molar-refractivity contribution in [2.75, 3.05) is 40.5 Å². The van der Waals surface area contributed by atoms with E-state index in [0.29, 0.717) is 44.0 Å². The van der Waals surface area contributed by atoms with Gasteiger partial charge in [0.15, 0.2) is 11.5 Å². The highest BCUT2D eigenvalue weighted by Crippen LogP contribution is 2.36. The number of hydrogen-bond acceptors (Lipinski definition) is 6. The number of ether oxygens (including phenoxy) is 3. The van der Waals surface area contributed by atoms with Crippen LogP contribution in [0.2, 0.25) is 0 Å². The standard InChI is InChI=1S/C18H23N3O5/c1-20(2)15(12-3-4-13-14(9-12)25-11-24-13)16(22)21-7-5-18(6-8-21)10-19-17(23)26-18/h3-4,9,15H,5-8,10-11H2,1-2H3,(H,19,23)/t15-/m1/s1. The van der Waals surface area contributed by atoms with Gasteiger partial charge in [-0.15, -0.1) is 0 Å². The van der Waals surface area contributed by atoms with Crippen molar-refractivity contribution in [1.29, 1.82) is 0 Å². The van der Waals surface area contributed by atoms with Crippen LogP contribution in [0.15, 0.2) is 18.2 Å². The van der Waals surface area contributed by atoms with Crippen molar-refractivity contribution in [2.24, 2.45) is 0 Å². The minimum Gasteiger partial charge on any atom is -0.454 e. The van der Waals surface area contributed by atoms with Crippen LogP contribution >= 0.6 is 0 Å². The van der Waals surface area contributed by atoms with Crippen LogP contribution in [0.1, 0.15) is 24.4 Å². The molecule has 1 aromatic carbocycles. The number of likely N-dealkylation sites (N-methyl/N-ethyl adjacent to an activating group) is 1. The monoisotopic (exact) mass is 361 g/mol. The van der Waals surface area contributed by atoms with Gasteiger partial charge in [0.05, 0.1) is 6.54 Å². The first-order valence-corrected chi connectivity index (χ1v) is 8.79. The van der Waals surface area contributed by atoms with Gasteiger partial charge in [0.25, 0.3) is 0 Å². The summed E-state index contributed by atoms with van der Waals surface area (Å²) >= 11 is 0. The molecule has 0 bridgehead atoms. The summed E-state index contributed by atoms with van der Waals surface area (Å²) in [6.45, 7) is 1.87. The summed E-state index contributed by atoms with van der Waals surface area (Å²) in [5.41, 5.74) is 0.415. The number of hydrogen-bond donors (Lipinski definition) is 1. The number of piperidine rings is 1. The summed E-state index contributed by atoms with van der Waals surface area (Å²) in [6.07, 6.45) is 0.939. The summed E-state index contributed by atoms with van der Waals surface area (Å²) in [7, 11) is 3.78. The second-order valence-corrected chi connectivity index (χ2v) is 7.23. The Hall–Kier alpha value is -2.48. The summed E-state index contributed by atoms with van der Waals surface area (Å²) in [4.78, 5) is 28.3. The Kier molecular flexibility index (Phi) is 4.14. The number of likely N-dealkylation sites (tertiary alicyclic amines) is 1. The Morgan fingerprint density at radius 3 is 2.62 bits per heavy atom. The van der Waals surface area contributed by atoms with Crippen LogP contribution in [0.25, 0.3) is 0 Å². The van der Waals surface area contributed by atoms with Crippen molar-refractivity contribution in [1.82, 2.24) is 15.1 Å². The molecule has 2 fully saturated rings. The van der Waals surface area contributed by atoms with E-state index in [1.54, 1.807) is 0 Å². The summed E-state index contributed by atoms with van der Waals surface area (Å²) in [5, 5.41) is 2.72. The lowest BCUT2D eigenvalue weighted by Gasteiger charge is -2.39. The molecule has 0 saturated carbocycles. The van der Waals surface area contributed by atoms with Crippen molar-refractivity contribution in [3.8, 4) is 11.5 Å². The molecule has 4 rings (SSSR count). The molecule has 0 unspecified atom stereocenters. The number of nitrogens with zero attached hydrogens (tertiary/aromatic N) is 2. The van der Waals surface area contributed by atoms with E-state index in [-0.39, 0.29) is 18.8 Å². The van der Waals surface area contributed by atoms with Crippen LogP contribution in [-0.2, 0) is 9.53 Å². The summed E-state index contributed by atoms with van der Waals surface area (Å²) < 4.78 is 16.2. The van der Waals surface area contributed by atoms with E-state index >= 15 is 0 Å². The fourth-order valence-electron chi connectivity index (χ4n) is 3.83. The van der Waals surface area contributed by atoms with Crippen LogP contribution in [0, 0.1) is 0 Å². The molecule has 26 heavy (non-hydrogen) atoms. The molecule has 140 valence electrons. The zero-order valence-corrected chi connectivity index (χ0v) is 15.0. The highest BCUT2D eigenvalue weighted by molar-refractivity contribution is 5.83. The van der Waals surface area contributed by atoms with Crippen LogP contribution in [0.4, 0.5) is 4.79 Å². The van der Waals surface area contributed by atoms with Crippen molar-refractivity contribution < 1.29 is 23.8 Å². The Labute approximate surface area is 152 Å². The lowest BCUT2D eigenvalue weighted by molar-refractivity contribution is -0.139. The van der Waals surface area contributed by atoms with Gasteiger partial charge < -0.3 is 24.4 Å². The van der Waals surface area contributed by atoms with Crippen LogP contribution < -0.4 is 14.8 Å². The fourth-order valence-corrected chi connectivity index (χ4v) is 3.83. The smallest absolute Gasteiger partial charge is 0.407 e. The maximum absolute atomic E-state index is 13.2. The minimum absolute atomic E-state index is 0.0426. The molecule has 3 aliphatic heterocycles. The van der Waals surface area contributed by atoms with Crippen molar-refractivity contribution in [3.05, 3.63) is 23.8 Å². The van der Waals surface area contributed by atoms with E-state index in [2.05, 4.69) is 5.32 Å². The second-order valence-electron chi connectivity index (χ2n) is 7.23. The van der Waals surface area contributed by atoms with Crippen LogP contribution in [0.3, 0.4) is 0 Å². The average Bonchev–Trinajstić information content (AvgIpc) is 3.22. The Bertz CT molecular complexity index is 728. The number of rotatable bonds is 3. The van der Waals surface area contributed by atoms with Crippen molar-refractivity contribution >= 4 is 12.0 Å². The minimum atomic E-state index is -0.458. The van der Waals surface area contributed by atoms with E-state index in [9.17, 15) is 9.59 Å². The molecule has 0 aromatic heterocycles. The van der Waals surface area contributed by atoms with Gasteiger partial charge in [0.2, 0.25) is 12.7 Å². The molecule has 3 aliphatic rings. The number of carbonyl (C=O) groups excluding carboxylic acids is 2. The number of nitrogens with one attached hydrogen (secondary N) is 1. The molecule has 0 radical (unpaired) electrons. The van der Waals surface area contributed by atoms with Crippen LogP contribution in [-0.4, -0.2) is 67.9 Å². The number of amides is 2. The van der Waals surface area contributed by atoms with Gasteiger partial charge in [-0.3, -0.25) is 9.69 Å². The van der Waals surface area contributed by atoms with Crippen LogP contribution in [0.5, 0.6) is 11.5 Å². The maximum Gasteiger partial charge on any atom is 0.407 e. The first-order valence-electron chi connectivity index (χ1n) is 8.79. The molecule has 1 spiro atoms. The number of fused-ring (bicyclic) bond motifs is 1. The number of benzene rings is 1. The van der Waals surface area contributed by atoms with Crippen molar-refractivity contribution in [3.63, 3.8) is 0 Å². The summed E-state index contributed by atoms with van der Waals surface area (Å²) in [6, 6.07) is 5.22. The zero-order chi connectivity index (χ0) is 18.3. The zero-order valence-electron chi connectivity index (χ0n) is 15.0. The first kappa shape index (κ1) is 17.0. The molecule has 1 N–H and O–H groups in total. The highest BCUT2D eigenvalue weighted by Gasteiger charge is 2.44. The molecule has 3 heterocycles. The Morgan fingerprint density at radius 2 is 1.96 bits per heavy atom. The molecule has 0 aliphatic carbocycles. The third-order valence-corrected chi connectivity index (χ3v) is 5.31. The third-order valence-electron chi connectivity index (χ3n) is 5.31. The summed E-state index contributed by atoms with van der Waals surface area (Å²) in [5.74, 6) is 1.42. The van der Waals surface area contributed by atoms with Crippen molar-refractivity contribution in [2.45, 2.75) is 24.5 Å². The second kappa shape index (κ2) is 6.35. The lowest BCUT2D eigenvalue weighted by atomic mass is 9.91. The molecule has 8 heteroatoms. The Morgan fingerprint density at radius 1 is 1.23 bits per heavy atom. The highest BCUT2D eigenvalue weighted by atomic mass is 16.7. The van der Waals surface area contributed by atoms with E-state index in [0.717, 1.165) is 5.56 Å². The van der Waals surface area contributed by atoms with Gasteiger partial charge in [0, 0.05) is 25.9 Å². The molecular formula is C18H23N3O5. The van der Waals surface area contributed by atoms with E-state index < -0.39 is 11.6 Å². The third kappa shape index (κ3) is 2.94. The molecular weight excluding hydrogens is 338 g/mol. The lowest BCUT2D eigenvalue weighted by Crippen LogP contribution is -2.51. The Balaban J connectivity index is 1.49. The molecule has 1 aromatic rings. The van der Waals surface area contributed by atoms with Gasteiger partial charge in [-0.2, -0.15) is 0 Å². The molecule has 1 atom stereocenters. The quantitative estimate of drug-likeness (QED) is 0.869. The molecule has 2 amide bonds. The largest absolute Gasteiger partial charge is 0.454 e. The van der Waals surface area contributed by atoms with Gasteiger partial charge in [-0.05, 0) is 31.8 Å². The normalized spacial score (nSPS) is 21.7.